The lowest BCUT2D eigenvalue weighted by molar-refractivity contribution is 0.102. The second-order valence-electron chi connectivity index (χ2n) is 6.13. The van der Waals surface area contributed by atoms with E-state index in [1.165, 1.54) is 10.9 Å². The Morgan fingerprint density at radius 1 is 1.07 bits per heavy atom. The molecule has 0 aliphatic rings. The largest absolute Gasteiger partial charge is 0.306 e. The van der Waals surface area contributed by atoms with Crippen molar-refractivity contribution in [2.75, 3.05) is 5.32 Å². The van der Waals surface area contributed by atoms with E-state index in [-0.39, 0.29) is 5.91 Å². The number of aromatic nitrogens is 4. The summed E-state index contributed by atoms with van der Waals surface area (Å²) in [7, 11) is 1.67. The number of aryl methyl sites for hydroxylation is 1. The van der Waals surface area contributed by atoms with Crippen molar-refractivity contribution in [1.82, 2.24) is 19.6 Å². The number of para-hydroxylation sites is 1. The van der Waals surface area contributed by atoms with Crippen LogP contribution in [0, 0.1) is 11.3 Å². The Kier molecular flexibility index (Phi) is 4.44. The van der Waals surface area contributed by atoms with Crippen molar-refractivity contribution in [2.24, 2.45) is 7.05 Å². The Morgan fingerprint density at radius 3 is 2.43 bits per heavy atom. The highest BCUT2D eigenvalue weighted by atomic mass is 16.1. The van der Waals surface area contributed by atoms with E-state index in [9.17, 15) is 10.1 Å². The minimum Gasteiger partial charge on any atom is -0.306 e. The minimum atomic E-state index is -0.360. The van der Waals surface area contributed by atoms with E-state index < -0.39 is 0 Å². The Labute approximate surface area is 161 Å². The van der Waals surface area contributed by atoms with E-state index in [4.69, 9.17) is 0 Å². The molecule has 2 aromatic heterocycles. The summed E-state index contributed by atoms with van der Waals surface area (Å²) in [5, 5.41) is 20.7. The summed E-state index contributed by atoms with van der Waals surface area (Å²) in [6, 6.07) is 21.1. The SMILES string of the molecule is Cn1ncc(C#N)c1NC(=O)c1cn(-c2ccccc2)nc1-c1ccccc1. The van der Waals surface area contributed by atoms with Gasteiger partial charge in [-0.05, 0) is 12.1 Å². The van der Waals surface area contributed by atoms with Crippen LogP contribution in [-0.2, 0) is 7.05 Å². The zero-order valence-electron chi connectivity index (χ0n) is 15.1. The first-order valence-electron chi connectivity index (χ1n) is 8.61. The Balaban J connectivity index is 1.79. The molecule has 0 unspecified atom stereocenters. The maximum atomic E-state index is 13.1. The van der Waals surface area contributed by atoms with Crippen molar-refractivity contribution < 1.29 is 4.79 Å². The average molecular weight is 368 g/mol. The molecule has 0 aliphatic carbocycles. The number of carbonyl (C=O) groups excluding carboxylic acids is 1. The van der Waals surface area contributed by atoms with Crippen LogP contribution >= 0.6 is 0 Å². The van der Waals surface area contributed by atoms with Crippen LogP contribution in [0.5, 0.6) is 0 Å². The van der Waals surface area contributed by atoms with Gasteiger partial charge in [0.15, 0.2) is 0 Å². The molecule has 0 spiro atoms. The molecule has 2 heterocycles. The molecule has 0 saturated carbocycles. The van der Waals surface area contributed by atoms with Gasteiger partial charge in [0.05, 0.1) is 17.4 Å². The van der Waals surface area contributed by atoms with E-state index >= 15 is 0 Å². The summed E-state index contributed by atoms with van der Waals surface area (Å²) >= 11 is 0. The zero-order chi connectivity index (χ0) is 19.5. The molecule has 28 heavy (non-hydrogen) atoms. The zero-order valence-corrected chi connectivity index (χ0v) is 15.1. The number of nitrogens with zero attached hydrogens (tertiary/aromatic N) is 5. The smallest absolute Gasteiger partial charge is 0.260 e. The second-order valence-corrected chi connectivity index (χ2v) is 6.13. The van der Waals surface area contributed by atoms with Gasteiger partial charge < -0.3 is 5.32 Å². The maximum absolute atomic E-state index is 13.1. The summed E-state index contributed by atoms with van der Waals surface area (Å²) in [4.78, 5) is 13.1. The summed E-state index contributed by atoms with van der Waals surface area (Å²) in [6.45, 7) is 0. The third kappa shape index (κ3) is 3.15. The van der Waals surface area contributed by atoms with Crippen LogP contribution in [0.25, 0.3) is 16.9 Å². The van der Waals surface area contributed by atoms with Crippen molar-refractivity contribution in [3.63, 3.8) is 0 Å². The van der Waals surface area contributed by atoms with E-state index in [0.717, 1.165) is 11.3 Å². The molecule has 0 fully saturated rings. The number of benzene rings is 2. The standard InChI is InChI=1S/C21H16N6O/c1-26-20(16(12-22)13-23-26)24-21(28)18-14-27(17-10-6-3-7-11-17)25-19(18)15-8-4-2-5-9-15/h2-11,13-14H,1H3,(H,24,28). The van der Waals surface area contributed by atoms with Gasteiger partial charge in [0.25, 0.3) is 5.91 Å². The van der Waals surface area contributed by atoms with Crippen molar-refractivity contribution >= 4 is 11.7 Å². The topological polar surface area (TPSA) is 88.5 Å². The van der Waals surface area contributed by atoms with Crippen LogP contribution in [0.2, 0.25) is 0 Å². The molecule has 0 radical (unpaired) electrons. The molecule has 1 N–H and O–H groups in total. The van der Waals surface area contributed by atoms with Gasteiger partial charge in [0.2, 0.25) is 0 Å². The number of hydrogen-bond acceptors (Lipinski definition) is 4. The van der Waals surface area contributed by atoms with Crippen LogP contribution in [0.4, 0.5) is 5.82 Å². The fourth-order valence-corrected chi connectivity index (χ4v) is 2.90. The van der Waals surface area contributed by atoms with Crippen molar-refractivity contribution in [2.45, 2.75) is 0 Å². The minimum absolute atomic E-state index is 0.299. The van der Waals surface area contributed by atoms with Gasteiger partial charge in [-0.25, -0.2) is 4.68 Å². The monoisotopic (exact) mass is 368 g/mol. The third-order valence-corrected chi connectivity index (χ3v) is 4.32. The van der Waals surface area contributed by atoms with Crippen molar-refractivity contribution in [3.05, 3.63) is 84.2 Å². The molecule has 4 aromatic rings. The van der Waals surface area contributed by atoms with Gasteiger partial charge in [0.1, 0.15) is 23.1 Å². The highest BCUT2D eigenvalue weighted by Crippen LogP contribution is 2.25. The first-order valence-corrected chi connectivity index (χ1v) is 8.61. The second kappa shape index (κ2) is 7.21. The lowest BCUT2D eigenvalue weighted by Crippen LogP contribution is -2.15. The molecule has 2 aromatic carbocycles. The van der Waals surface area contributed by atoms with E-state index in [1.54, 1.807) is 17.9 Å². The van der Waals surface area contributed by atoms with Crippen molar-refractivity contribution in [1.29, 1.82) is 5.26 Å². The number of amides is 1. The van der Waals surface area contributed by atoms with E-state index in [1.807, 2.05) is 66.7 Å². The van der Waals surface area contributed by atoms with Crippen LogP contribution in [0.1, 0.15) is 15.9 Å². The Hall–Kier alpha value is -4.18. The number of carbonyl (C=O) groups is 1. The first-order chi connectivity index (χ1) is 13.7. The molecule has 0 aliphatic heterocycles. The summed E-state index contributed by atoms with van der Waals surface area (Å²) in [5.74, 6) is -0.0138. The number of hydrogen-bond donors (Lipinski definition) is 1. The molecular formula is C21H16N6O. The van der Waals surface area contributed by atoms with E-state index in [0.29, 0.717) is 22.6 Å². The summed E-state index contributed by atoms with van der Waals surface area (Å²) in [6.07, 6.45) is 3.11. The average Bonchev–Trinajstić information content (AvgIpc) is 3.34. The van der Waals surface area contributed by atoms with E-state index in [2.05, 4.69) is 15.5 Å². The number of rotatable bonds is 4. The number of anilines is 1. The van der Waals surface area contributed by atoms with Gasteiger partial charge in [-0.2, -0.15) is 15.5 Å². The lowest BCUT2D eigenvalue weighted by Gasteiger charge is -2.06. The maximum Gasteiger partial charge on any atom is 0.260 e. The molecule has 0 atom stereocenters. The molecule has 7 heteroatoms. The predicted octanol–water partition coefficient (Wildman–Crippen LogP) is 3.40. The van der Waals surface area contributed by atoms with Gasteiger partial charge in [0, 0.05) is 18.8 Å². The molecule has 7 nitrogen and oxygen atoms in total. The summed E-state index contributed by atoms with van der Waals surface area (Å²) < 4.78 is 3.13. The highest BCUT2D eigenvalue weighted by molar-refractivity contribution is 6.08. The lowest BCUT2D eigenvalue weighted by atomic mass is 10.1. The normalized spacial score (nSPS) is 10.4. The molecule has 0 bridgehead atoms. The third-order valence-electron chi connectivity index (χ3n) is 4.32. The van der Waals surface area contributed by atoms with Gasteiger partial charge >= 0.3 is 0 Å². The molecular weight excluding hydrogens is 352 g/mol. The molecule has 0 saturated heterocycles. The van der Waals surface area contributed by atoms with Crippen LogP contribution < -0.4 is 5.32 Å². The Bertz CT molecular complexity index is 1170. The van der Waals surface area contributed by atoms with Gasteiger partial charge in [-0.1, -0.05) is 48.5 Å². The quantitative estimate of drug-likeness (QED) is 0.598. The van der Waals surface area contributed by atoms with Crippen LogP contribution in [-0.4, -0.2) is 25.5 Å². The number of nitrogens with one attached hydrogen (secondary N) is 1. The van der Waals surface area contributed by atoms with Crippen LogP contribution in [0.15, 0.2) is 73.1 Å². The van der Waals surface area contributed by atoms with Gasteiger partial charge in [-0.15, -0.1) is 0 Å². The molecule has 136 valence electrons. The van der Waals surface area contributed by atoms with Gasteiger partial charge in [-0.3, -0.25) is 9.48 Å². The first kappa shape index (κ1) is 17.2. The number of nitriles is 1. The molecule has 1 amide bonds. The Morgan fingerprint density at radius 2 is 1.75 bits per heavy atom. The highest BCUT2D eigenvalue weighted by Gasteiger charge is 2.21. The predicted molar refractivity (Wildman–Crippen MR) is 105 cm³/mol. The molecule has 4 rings (SSSR count). The fraction of sp³-hybridized carbons (Fsp3) is 0.0476. The fourth-order valence-electron chi connectivity index (χ4n) is 2.90. The van der Waals surface area contributed by atoms with Crippen molar-refractivity contribution in [3.8, 4) is 23.0 Å². The van der Waals surface area contributed by atoms with Crippen LogP contribution in [0.3, 0.4) is 0 Å². The summed E-state index contributed by atoms with van der Waals surface area (Å²) in [5.41, 5.74) is 2.93.